The predicted octanol–water partition coefficient (Wildman–Crippen LogP) is 2.57. The minimum Gasteiger partial charge on any atom is -0.497 e. The van der Waals surface area contributed by atoms with Gasteiger partial charge in [0.15, 0.2) is 0 Å². The third kappa shape index (κ3) is 6.43. The molecule has 2 aromatic carbocycles. The number of nitrogens with zero attached hydrogens (tertiary/aromatic N) is 4. The van der Waals surface area contributed by atoms with Crippen LogP contribution < -0.4 is 14.2 Å². The third-order valence-corrected chi connectivity index (χ3v) is 6.95. The predicted molar refractivity (Wildman–Crippen MR) is 143 cm³/mol. The van der Waals surface area contributed by atoms with E-state index in [1.165, 1.54) is 11.9 Å². The van der Waals surface area contributed by atoms with Crippen LogP contribution in [0.5, 0.6) is 17.2 Å². The number of amides is 2. The molecular formula is C28H36N4O6. The van der Waals surface area contributed by atoms with Crippen molar-refractivity contribution in [2.75, 3.05) is 67.3 Å². The number of rotatable bonds is 10. The van der Waals surface area contributed by atoms with Crippen LogP contribution in [0.4, 0.5) is 0 Å². The number of hydrogen-bond acceptors (Lipinski definition) is 8. The number of carbonyl (C=O) groups excluding carboxylic acids is 2. The molecule has 38 heavy (non-hydrogen) atoms. The Kier molecular flexibility index (Phi) is 9.19. The SMILES string of the molecule is COc1ccc(C2CC(c3ccc(OC)cc3OC)=NN2C(=O)CN(CCN2CCOCC2)C(C)=O)cc1. The molecule has 10 heteroatoms. The van der Waals surface area contributed by atoms with Gasteiger partial charge in [0.25, 0.3) is 5.91 Å². The highest BCUT2D eigenvalue weighted by molar-refractivity contribution is 6.05. The molecule has 2 amide bonds. The molecule has 0 spiro atoms. The Morgan fingerprint density at radius 1 is 1.00 bits per heavy atom. The zero-order valence-electron chi connectivity index (χ0n) is 22.5. The van der Waals surface area contributed by atoms with Crippen molar-refractivity contribution in [1.82, 2.24) is 14.8 Å². The summed E-state index contributed by atoms with van der Waals surface area (Å²) >= 11 is 0. The fourth-order valence-corrected chi connectivity index (χ4v) is 4.70. The van der Waals surface area contributed by atoms with Crippen LogP contribution in [0.25, 0.3) is 0 Å². The molecule has 1 atom stereocenters. The van der Waals surface area contributed by atoms with Crippen molar-refractivity contribution in [3.05, 3.63) is 53.6 Å². The van der Waals surface area contributed by atoms with Gasteiger partial charge in [0.2, 0.25) is 5.91 Å². The second-order valence-corrected chi connectivity index (χ2v) is 9.24. The highest BCUT2D eigenvalue weighted by Crippen LogP contribution is 2.36. The van der Waals surface area contributed by atoms with Gasteiger partial charge in [-0.3, -0.25) is 14.5 Å². The van der Waals surface area contributed by atoms with Crippen molar-refractivity contribution < 1.29 is 28.5 Å². The summed E-state index contributed by atoms with van der Waals surface area (Å²) in [6.45, 7) is 5.61. The van der Waals surface area contributed by atoms with Crippen molar-refractivity contribution in [3.63, 3.8) is 0 Å². The van der Waals surface area contributed by atoms with Crippen LogP contribution in [0, 0.1) is 0 Å². The average Bonchev–Trinajstić information content (AvgIpc) is 3.40. The van der Waals surface area contributed by atoms with Crippen molar-refractivity contribution >= 4 is 17.5 Å². The molecule has 0 aliphatic carbocycles. The number of hydrogen-bond donors (Lipinski definition) is 0. The molecule has 1 unspecified atom stereocenters. The highest BCUT2D eigenvalue weighted by atomic mass is 16.5. The monoisotopic (exact) mass is 524 g/mol. The molecule has 0 N–H and O–H groups in total. The maximum atomic E-state index is 13.7. The van der Waals surface area contributed by atoms with Crippen LogP contribution in [0.2, 0.25) is 0 Å². The van der Waals surface area contributed by atoms with Gasteiger partial charge >= 0.3 is 0 Å². The maximum absolute atomic E-state index is 13.7. The van der Waals surface area contributed by atoms with Gasteiger partial charge in [-0.15, -0.1) is 0 Å². The van der Waals surface area contributed by atoms with Gasteiger partial charge in [0.05, 0.1) is 46.3 Å². The van der Waals surface area contributed by atoms with E-state index in [0.29, 0.717) is 44.2 Å². The molecule has 0 bridgehead atoms. The summed E-state index contributed by atoms with van der Waals surface area (Å²) < 4.78 is 21.7. The lowest BCUT2D eigenvalue weighted by Crippen LogP contribution is -2.45. The van der Waals surface area contributed by atoms with Crippen LogP contribution in [0.1, 0.15) is 30.5 Å². The first kappa shape index (κ1) is 27.4. The first-order chi connectivity index (χ1) is 18.4. The van der Waals surface area contributed by atoms with Crippen LogP contribution in [-0.4, -0.2) is 99.6 Å². The Morgan fingerprint density at radius 2 is 1.68 bits per heavy atom. The lowest BCUT2D eigenvalue weighted by atomic mass is 9.97. The minimum absolute atomic E-state index is 0.0527. The molecule has 1 fully saturated rings. The second-order valence-electron chi connectivity index (χ2n) is 9.24. The van der Waals surface area contributed by atoms with E-state index < -0.39 is 0 Å². The average molecular weight is 525 g/mol. The highest BCUT2D eigenvalue weighted by Gasteiger charge is 2.35. The zero-order chi connectivity index (χ0) is 27.1. The summed E-state index contributed by atoms with van der Waals surface area (Å²) in [5, 5.41) is 6.27. The van der Waals surface area contributed by atoms with Crippen LogP contribution in [-0.2, 0) is 14.3 Å². The molecular weight excluding hydrogens is 488 g/mol. The van der Waals surface area contributed by atoms with Crippen molar-refractivity contribution in [2.45, 2.75) is 19.4 Å². The summed E-state index contributed by atoms with van der Waals surface area (Å²) in [6, 6.07) is 12.8. The standard InChI is InChI=1S/C28H36N4O6/c1-20(33)31(12-11-30-13-15-38-16-14-30)19-28(34)32-26(21-5-7-22(35-2)8-6-21)18-25(29-32)24-10-9-23(36-3)17-27(24)37-4/h5-10,17,26H,11-16,18-19H2,1-4H3. The van der Waals surface area contributed by atoms with E-state index >= 15 is 0 Å². The van der Waals surface area contributed by atoms with E-state index in [2.05, 4.69) is 4.90 Å². The quantitative estimate of drug-likeness (QED) is 0.472. The molecule has 0 aromatic heterocycles. The van der Waals surface area contributed by atoms with Gasteiger partial charge in [0.1, 0.15) is 23.8 Å². The molecule has 0 radical (unpaired) electrons. The van der Waals surface area contributed by atoms with Crippen LogP contribution in [0.15, 0.2) is 47.6 Å². The summed E-state index contributed by atoms with van der Waals surface area (Å²) in [5.41, 5.74) is 2.44. The first-order valence-corrected chi connectivity index (χ1v) is 12.7. The van der Waals surface area contributed by atoms with Gasteiger partial charge in [-0.2, -0.15) is 5.10 Å². The molecule has 10 nitrogen and oxygen atoms in total. The van der Waals surface area contributed by atoms with Gasteiger partial charge in [-0.05, 0) is 29.8 Å². The van der Waals surface area contributed by atoms with Crippen molar-refractivity contribution in [3.8, 4) is 17.2 Å². The largest absolute Gasteiger partial charge is 0.497 e. The van der Waals surface area contributed by atoms with Gasteiger partial charge in [-0.25, -0.2) is 5.01 Å². The fourth-order valence-electron chi connectivity index (χ4n) is 4.70. The fraction of sp³-hybridized carbons (Fsp3) is 0.464. The van der Waals surface area contributed by atoms with Crippen molar-refractivity contribution in [1.29, 1.82) is 0 Å². The Bertz CT molecular complexity index is 1150. The Morgan fingerprint density at radius 3 is 2.32 bits per heavy atom. The Labute approximate surface area is 223 Å². The first-order valence-electron chi connectivity index (χ1n) is 12.7. The number of carbonyl (C=O) groups is 2. The molecule has 0 saturated carbocycles. The number of morpholine rings is 1. The number of methoxy groups -OCH3 is 3. The topological polar surface area (TPSA) is 93.1 Å². The summed E-state index contributed by atoms with van der Waals surface area (Å²) in [6.07, 6.45) is 0.495. The molecule has 4 rings (SSSR count). The summed E-state index contributed by atoms with van der Waals surface area (Å²) in [5.74, 6) is 1.62. The lowest BCUT2D eigenvalue weighted by molar-refractivity contribution is -0.140. The van der Waals surface area contributed by atoms with E-state index in [-0.39, 0.29) is 24.4 Å². The molecule has 2 aliphatic rings. The minimum atomic E-state index is -0.330. The van der Waals surface area contributed by atoms with Gasteiger partial charge in [0, 0.05) is 51.2 Å². The maximum Gasteiger partial charge on any atom is 0.262 e. The molecule has 2 aliphatic heterocycles. The van der Waals surface area contributed by atoms with E-state index in [1.54, 1.807) is 32.3 Å². The number of ether oxygens (including phenoxy) is 4. The number of benzene rings is 2. The van der Waals surface area contributed by atoms with Crippen LogP contribution >= 0.6 is 0 Å². The number of hydrazone groups is 1. The Balaban J connectivity index is 1.58. The van der Waals surface area contributed by atoms with E-state index in [1.807, 2.05) is 36.4 Å². The second kappa shape index (κ2) is 12.7. The third-order valence-electron chi connectivity index (χ3n) is 6.95. The molecule has 204 valence electrons. The van der Waals surface area contributed by atoms with Crippen LogP contribution in [0.3, 0.4) is 0 Å². The van der Waals surface area contributed by atoms with E-state index in [4.69, 9.17) is 24.0 Å². The normalized spacial score (nSPS) is 17.6. The molecule has 2 aromatic rings. The van der Waals surface area contributed by atoms with Crippen molar-refractivity contribution in [2.24, 2.45) is 5.10 Å². The lowest BCUT2D eigenvalue weighted by Gasteiger charge is -2.30. The summed E-state index contributed by atoms with van der Waals surface area (Å²) in [4.78, 5) is 29.9. The molecule has 1 saturated heterocycles. The van der Waals surface area contributed by atoms with E-state index in [9.17, 15) is 9.59 Å². The van der Waals surface area contributed by atoms with E-state index in [0.717, 1.165) is 35.7 Å². The zero-order valence-corrected chi connectivity index (χ0v) is 22.5. The summed E-state index contributed by atoms with van der Waals surface area (Å²) in [7, 11) is 4.81. The Hall–Kier alpha value is -3.63. The molecule has 2 heterocycles. The van der Waals surface area contributed by atoms with Gasteiger partial charge < -0.3 is 23.8 Å². The smallest absolute Gasteiger partial charge is 0.262 e. The van der Waals surface area contributed by atoms with Gasteiger partial charge in [-0.1, -0.05) is 12.1 Å².